The van der Waals surface area contributed by atoms with Gasteiger partial charge in [-0.25, -0.2) is 4.39 Å². The van der Waals surface area contributed by atoms with Gasteiger partial charge in [0.15, 0.2) is 5.17 Å². The Kier molecular flexibility index (Phi) is 8.06. The first-order valence-electron chi connectivity index (χ1n) is 10.1. The van der Waals surface area contributed by atoms with Gasteiger partial charge < -0.3 is 9.47 Å². The highest BCUT2D eigenvalue weighted by atomic mass is 32.2. The minimum Gasteiger partial charge on any atom is -0.497 e. The van der Waals surface area contributed by atoms with Crippen LogP contribution in [0.15, 0.2) is 52.7 Å². The van der Waals surface area contributed by atoms with Gasteiger partial charge in [0.05, 0.1) is 32.2 Å². The van der Waals surface area contributed by atoms with Crippen molar-refractivity contribution in [2.45, 2.75) is 38.0 Å². The van der Waals surface area contributed by atoms with E-state index in [1.54, 1.807) is 43.5 Å². The summed E-state index contributed by atoms with van der Waals surface area (Å²) in [5.74, 6) is 1.00. The van der Waals surface area contributed by atoms with Crippen LogP contribution < -0.4 is 9.47 Å². The standard InChI is InChI=1S/C23H26FN3O3S/c1-4-5-6-21-22(28)27(15-16-7-10-18(24)11-8-16)23(31-21)26-25-14-17-9-12-19(29-2)13-20(17)30-3/h7-14,21H,4-6,15H2,1-3H3. The minimum absolute atomic E-state index is 0.0127. The van der Waals surface area contributed by atoms with Crippen molar-refractivity contribution in [1.29, 1.82) is 0 Å². The SMILES string of the molecule is CCCCC1SC(=NN=Cc2ccc(OC)cc2OC)N(Cc2ccc(F)cc2)C1=O. The zero-order valence-corrected chi connectivity index (χ0v) is 18.7. The van der Waals surface area contributed by atoms with Gasteiger partial charge in [-0.15, -0.1) is 5.10 Å². The number of methoxy groups -OCH3 is 2. The van der Waals surface area contributed by atoms with Crippen LogP contribution in [0.3, 0.4) is 0 Å². The molecule has 1 aliphatic heterocycles. The van der Waals surface area contributed by atoms with E-state index < -0.39 is 0 Å². The van der Waals surface area contributed by atoms with E-state index >= 15 is 0 Å². The highest BCUT2D eigenvalue weighted by Crippen LogP contribution is 2.32. The maximum Gasteiger partial charge on any atom is 0.242 e. The summed E-state index contributed by atoms with van der Waals surface area (Å²) in [5.41, 5.74) is 1.58. The average molecular weight is 444 g/mol. The molecular formula is C23H26FN3O3S. The second-order valence-electron chi connectivity index (χ2n) is 7.03. The lowest BCUT2D eigenvalue weighted by Crippen LogP contribution is -2.31. The van der Waals surface area contributed by atoms with Gasteiger partial charge in [0, 0.05) is 11.6 Å². The first-order chi connectivity index (χ1) is 15.0. The fourth-order valence-electron chi connectivity index (χ4n) is 3.14. The Morgan fingerprint density at radius 1 is 1.16 bits per heavy atom. The van der Waals surface area contributed by atoms with Gasteiger partial charge in [-0.1, -0.05) is 43.7 Å². The Labute approximate surface area is 186 Å². The molecule has 8 heteroatoms. The fraction of sp³-hybridized carbons (Fsp3) is 0.348. The van der Waals surface area contributed by atoms with Crippen LogP contribution in [0, 0.1) is 5.82 Å². The second kappa shape index (κ2) is 10.9. The summed E-state index contributed by atoms with van der Waals surface area (Å²) in [6.45, 7) is 2.43. The highest BCUT2D eigenvalue weighted by molar-refractivity contribution is 8.15. The molecule has 164 valence electrons. The Hall–Kier alpha value is -2.87. The number of benzene rings is 2. The summed E-state index contributed by atoms with van der Waals surface area (Å²) >= 11 is 1.43. The van der Waals surface area contributed by atoms with Crippen LogP contribution in [0.25, 0.3) is 0 Å². The minimum atomic E-state index is -0.307. The molecule has 1 heterocycles. The summed E-state index contributed by atoms with van der Waals surface area (Å²) in [5, 5.41) is 8.91. The lowest BCUT2D eigenvalue weighted by Gasteiger charge is -2.16. The van der Waals surface area contributed by atoms with Gasteiger partial charge in [-0.2, -0.15) is 5.10 Å². The highest BCUT2D eigenvalue weighted by Gasteiger charge is 2.37. The number of carbonyl (C=O) groups excluding carboxylic acids is 1. The number of hydrogen-bond acceptors (Lipinski definition) is 6. The number of nitrogens with zero attached hydrogens (tertiary/aromatic N) is 3. The number of amidine groups is 1. The van der Waals surface area contributed by atoms with E-state index in [1.807, 2.05) is 12.1 Å². The lowest BCUT2D eigenvalue weighted by molar-refractivity contribution is -0.126. The third-order valence-electron chi connectivity index (χ3n) is 4.87. The molecule has 0 aliphatic carbocycles. The molecule has 0 saturated carbocycles. The normalized spacial score (nSPS) is 17.7. The first kappa shape index (κ1) is 22.8. The Morgan fingerprint density at radius 2 is 1.94 bits per heavy atom. The van der Waals surface area contributed by atoms with Crippen LogP contribution in [0.5, 0.6) is 11.5 Å². The van der Waals surface area contributed by atoms with Crippen molar-refractivity contribution in [2.24, 2.45) is 10.2 Å². The van der Waals surface area contributed by atoms with Crippen molar-refractivity contribution in [3.05, 3.63) is 59.4 Å². The Balaban J connectivity index is 1.82. The molecule has 0 spiro atoms. The van der Waals surface area contributed by atoms with Gasteiger partial charge in [0.1, 0.15) is 17.3 Å². The molecule has 2 aromatic carbocycles. The molecule has 0 aromatic heterocycles. The molecule has 6 nitrogen and oxygen atoms in total. The van der Waals surface area contributed by atoms with Gasteiger partial charge in [-0.3, -0.25) is 9.69 Å². The van der Waals surface area contributed by atoms with Crippen molar-refractivity contribution >= 4 is 29.1 Å². The monoisotopic (exact) mass is 443 g/mol. The molecule has 1 saturated heterocycles. The molecule has 0 radical (unpaired) electrons. The molecule has 1 unspecified atom stereocenters. The summed E-state index contributed by atoms with van der Waals surface area (Å²) < 4.78 is 23.8. The smallest absolute Gasteiger partial charge is 0.242 e. The van der Waals surface area contributed by atoms with Crippen LogP contribution in [-0.2, 0) is 11.3 Å². The number of halogens is 1. The number of unbranched alkanes of at least 4 members (excludes halogenated alkanes) is 1. The molecule has 31 heavy (non-hydrogen) atoms. The predicted octanol–water partition coefficient (Wildman–Crippen LogP) is 4.87. The Morgan fingerprint density at radius 3 is 2.61 bits per heavy atom. The third-order valence-corrected chi connectivity index (χ3v) is 6.11. The van der Waals surface area contributed by atoms with Crippen LogP contribution >= 0.6 is 11.8 Å². The quantitative estimate of drug-likeness (QED) is 0.410. The number of rotatable bonds is 9. The van der Waals surface area contributed by atoms with Gasteiger partial charge in [0.25, 0.3) is 0 Å². The van der Waals surface area contributed by atoms with Crippen LogP contribution in [0.2, 0.25) is 0 Å². The second-order valence-corrected chi connectivity index (χ2v) is 8.20. The van der Waals surface area contributed by atoms with Gasteiger partial charge in [-0.05, 0) is 36.2 Å². The molecule has 1 aliphatic rings. The first-order valence-corrected chi connectivity index (χ1v) is 11.0. The van der Waals surface area contributed by atoms with E-state index in [1.165, 1.54) is 23.9 Å². The Bertz CT molecular complexity index is 963. The van der Waals surface area contributed by atoms with Crippen molar-refractivity contribution < 1.29 is 18.7 Å². The van der Waals surface area contributed by atoms with Crippen molar-refractivity contribution in [3.8, 4) is 11.5 Å². The molecule has 0 N–H and O–H groups in total. The number of amides is 1. The third kappa shape index (κ3) is 5.85. The van der Waals surface area contributed by atoms with E-state index in [2.05, 4.69) is 17.1 Å². The maximum absolute atomic E-state index is 13.2. The van der Waals surface area contributed by atoms with E-state index in [0.717, 1.165) is 30.4 Å². The molecule has 2 aromatic rings. The van der Waals surface area contributed by atoms with Gasteiger partial charge in [0.2, 0.25) is 5.91 Å². The molecule has 1 amide bonds. The van der Waals surface area contributed by atoms with Crippen LogP contribution in [0.4, 0.5) is 4.39 Å². The van der Waals surface area contributed by atoms with Crippen LogP contribution in [-0.4, -0.2) is 41.7 Å². The summed E-state index contributed by atoms with van der Waals surface area (Å²) in [4.78, 5) is 14.6. The van der Waals surface area contributed by atoms with E-state index in [4.69, 9.17) is 9.47 Å². The van der Waals surface area contributed by atoms with E-state index in [-0.39, 0.29) is 17.0 Å². The summed E-state index contributed by atoms with van der Waals surface area (Å²) in [6.07, 6.45) is 4.36. The molecule has 1 fully saturated rings. The topological polar surface area (TPSA) is 63.5 Å². The summed E-state index contributed by atoms with van der Waals surface area (Å²) in [6, 6.07) is 11.5. The fourth-order valence-corrected chi connectivity index (χ4v) is 4.29. The molecular weight excluding hydrogens is 417 g/mol. The van der Waals surface area contributed by atoms with E-state index in [9.17, 15) is 9.18 Å². The maximum atomic E-state index is 13.2. The zero-order chi connectivity index (χ0) is 22.2. The van der Waals surface area contributed by atoms with Crippen molar-refractivity contribution in [2.75, 3.05) is 14.2 Å². The largest absolute Gasteiger partial charge is 0.497 e. The zero-order valence-electron chi connectivity index (χ0n) is 17.9. The van der Waals surface area contributed by atoms with Crippen molar-refractivity contribution in [3.63, 3.8) is 0 Å². The molecule has 3 rings (SSSR count). The van der Waals surface area contributed by atoms with Gasteiger partial charge >= 0.3 is 0 Å². The number of carbonyl (C=O) groups is 1. The van der Waals surface area contributed by atoms with E-state index in [0.29, 0.717) is 23.2 Å². The summed E-state index contributed by atoms with van der Waals surface area (Å²) in [7, 11) is 3.17. The average Bonchev–Trinajstić information content (AvgIpc) is 3.08. The number of thioether (sulfide) groups is 1. The number of hydrogen-bond donors (Lipinski definition) is 0. The lowest BCUT2D eigenvalue weighted by atomic mass is 10.1. The van der Waals surface area contributed by atoms with Crippen molar-refractivity contribution in [1.82, 2.24) is 4.90 Å². The van der Waals surface area contributed by atoms with Crippen LogP contribution in [0.1, 0.15) is 37.3 Å². The number of ether oxygens (including phenoxy) is 2. The molecule has 1 atom stereocenters. The predicted molar refractivity (Wildman–Crippen MR) is 122 cm³/mol. The molecule has 0 bridgehead atoms.